The number of carbonyl (C=O) groups excluding carboxylic acids is 2. The van der Waals surface area contributed by atoms with Gasteiger partial charge in [0, 0.05) is 24.2 Å². The molecule has 6 heteroatoms. The van der Waals surface area contributed by atoms with Crippen molar-refractivity contribution >= 4 is 17.5 Å². The maximum atomic E-state index is 13.3. The Morgan fingerprint density at radius 1 is 1.09 bits per heavy atom. The molecule has 0 aromatic heterocycles. The number of halogens is 2. The lowest BCUT2D eigenvalue weighted by Gasteiger charge is -2.17. The van der Waals surface area contributed by atoms with Crippen LogP contribution in [0.2, 0.25) is 0 Å². The fraction of sp³-hybridized carbons (Fsp3) is 0.176. The number of hydrogen-bond acceptors (Lipinski definition) is 2. The third-order valence-corrected chi connectivity index (χ3v) is 3.67. The minimum Gasteiger partial charge on any atom is -0.347 e. The number of benzene rings is 2. The Balaban J connectivity index is 1.69. The predicted molar refractivity (Wildman–Crippen MR) is 81.0 cm³/mol. The summed E-state index contributed by atoms with van der Waals surface area (Å²) in [6.07, 6.45) is 0.123. The zero-order valence-corrected chi connectivity index (χ0v) is 12.1. The van der Waals surface area contributed by atoms with Gasteiger partial charge in [0.1, 0.15) is 11.6 Å². The average Bonchev–Trinajstić information content (AvgIpc) is 2.88. The minimum absolute atomic E-state index is 0.123. The normalized spacial score (nSPS) is 17.4. The number of nitrogens with one attached hydrogen (secondary N) is 1. The van der Waals surface area contributed by atoms with Gasteiger partial charge in [-0.15, -0.1) is 0 Å². The smallest absolute Gasteiger partial charge is 0.251 e. The van der Waals surface area contributed by atoms with Crippen molar-refractivity contribution in [2.45, 2.75) is 12.5 Å². The van der Waals surface area contributed by atoms with Crippen LogP contribution >= 0.6 is 0 Å². The predicted octanol–water partition coefficient (Wildman–Crippen LogP) is 2.50. The summed E-state index contributed by atoms with van der Waals surface area (Å²) >= 11 is 0. The number of carbonyl (C=O) groups is 2. The Morgan fingerprint density at radius 2 is 1.78 bits per heavy atom. The Hall–Kier alpha value is -2.76. The third kappa shape index (κ3) is 3.36. The first kappa shape index (κ1) is 15.1. The standard InChI is InChI=1S/C17H14F2N2O2/c18-12-4-1-3-11(7-12)17(23)20-14-9-16(22)21(10-14)15-6-2-5-13(19)8-15/h1-8,14H,9-10H2,(H,20,23). The molecule has 118 valence electrons. The van der Waals surface area contributed by atoms with Crippen LogP contribution in [0.3, 0.4) is 0 Å². The highest BCUT2D eigenvalue weighted by atomic mass is 19.1. The van der Waals surface area contributed by atoms with Gasteiger partial charge in [-0.2, -0.15) is 0 Å². The maximum absolute atomic E-state index is 13.3. The van der Waals surface area contributed by atoms with Gasteiger partial charge >= 0.3 is 0 Å². The van der Waals surface area contributed by atoms with E-state index in [1.165, 1.54) is 41.3 Å². The van der Waals surface area contributed by atoms with E-state index in [2.05, 4.69) is 5.32 Å². The van der Waals surface area contributed by atoms with Crippen molar-refractivity contribution in [3.8, 4) is 0 Å². The monoisotopic (exact) mass is 316 g/mol. The molecule has 1 fully saturated rings. The molecule has 2 aromatic rings. The second-order valence-electron chi connectivity index (χ2n) is 5.37. The van der Waals surface area contributed by atoms with Crippen LogP contribution in [-0.4, -0.2) is 24.4 Å². The van der Waals surface area contributed by atoms with E-state index in [1.54, 1.807) is 6.07 Å². The van der Waals surface area contributed by atoms with Crippen molar-refractivity contribution < 1.29 is 18.4 Å². The summed E-state index contributed by atoms with van der Waals surface area (Å²) in [4.78, 5) is 25.6. The number of hydrogen-bond donors (Lipinski definition) is 1. The van der Waals surface area contributed by atoms with Crippen LogP contribution in [0.4, 0.5) is 14.5 Å². The lowest BCUT2D eigenvalue weighted by Crippen LogP contribution is -2.37. The summed E-state index contributed by atoms with van der Waals surface area (Å²) in [5, 5.41) is 2.71. The van der Waals surface area contributed by atoms with Gasteiger partial charge in [-0.3, -0.25) is 9.59 Å². The second-order valence-corrected chi connectivity index (χ2v) is 5.37. The molecule has 1 unspecified atom stereocenters. The van der Waals surface area contributed by atoms with E-state index >= 15 is 0 Å². The molecular weight excluding hydrogens is 302 g/mol. The van der Waals surface area contributed by atoms with Crippen LogP contribution < -0.4 is 10.2 Å². The van der Waals surface area contributed by atoms with Gasteiger partial charge in [0.2, 0.25) is 5.91 Å². The largest absolute Gasteiger partial charge is 0.347 e. The molecule has 0 spiro atoms. The summed E-state index contributed by atoms with van der Waals surface area (Å²) in [6, 6.07) is 10.7. The van der Waals surface area contributed by atoms with E-state index in [9.17, 15) is 18.4 Å². The number of rotatable bonds is 3. The summed E-state index contributed by atoms with van der Waals surface area (Å²) in [5.41, 5.74) is 0.652. The van der Waals surface area contributed by atoms with E-state index < -0.39 is 23.6 Å². The molecule has 0 aliphatic carbocycles. The van der Waals surface area contributed by atoms with Crippen molar-refractivity contribution in [1.29, 1.82) is 0 Å². The van der Waals surface area contributed by atoms with Crippen molar-refractivity contribution in [3.63, 3.8) is 0 Å². The Kier molecular flexibility index (Phi) is 4.06. The fourth-order valence-corrected chi connectivity index (χ4v) is 2.60. The van der Waals surface area contributed by atoms with E-state index in [1.807, 2.05) is 0 Å². The van der Waals surface area contributed by atoms with Crippen molar-refractivity contribution in [2.75, 3.05) is 11.4 Å². The average molecular weight is 316 g/mol. The van der Waals surface area contributed by atoms with E-state index in [-0.39, 0.29) is 24.4 Å². The maximum Gasteiger partial charge on any atom is 0.251 e. The van der Waals surface area contributed by atoms with Gasteiger partial charge in [0.25, 0.3) is 5.91 Å². The van der Waals surface area contributed by atoms with Gasteiger partial charge in [-0.25, -0.2) is 8.78 Å². The fourth-order valence-electron chi connectivity index (χ4n) is 2.60. The minimum atomic E-state index is -0.499. The Labute approximate surface area is 131 Å². The lowest BCUT2D eigenvalue weighted by molar-refractivity contribution is -0.117. The molecule has 1 aliphatic heterocycles. The van der Waals surface area contributed by atoms with Gasteiger partial charge in [-0.05, 0) is 36.4 Å². The summed E-state index contributed by atoms with van der Waals surface area (Å²) in [6.45, 7) is 0.253. The van der Waals surface area contributed by atoms with Gasteiger partial charge < -0.3 is 10.2 Å². The molecular formula is C17H14F2N2O2. The highest BCUT2D eigenvalue weighted by molar-refractivity contribution is 5.98. The molecule has 2 aromatic carbocycles. The lowest BCUT2D eigenvalue weighted by atomic mass is 10.2. The highest BCUT2D eigenvalue weighted by Gasteiger charge is 2.31. The van der Waals surface area contributed by atoms with E-state index in [0.717, 1.165) is 6.07 Å². The van der Waals surface area contributed by atoms with Gasteiger partial charge in [0.05, 0.1) is 6.04 Å². The Morgan fingerprint density at radius 3 is 2.48 bits per heavy atom. The van der Waals surface area contributed by atoms with Gasteiger partial charge in [0.15, 0.2) is 0 Å². The van der Waals surface area contributed by atoms with Crippen molar-refractivity contribution in [3.05, 3.63) is 65.7 Å². The number of nitrogens with zero attached hydrogens (tertiary/aromatic N) is 1. The van der Waals surface area contributed by atoms with Crippen molar-refractivity contribution in [2.24, 2.45) is 0 Å². The first-order valence-electron chi connectivity index (χ1n) is 7.15. The molecule has 1 aliphatic rings. The molecule has 1 atom stereocenters. The SMILES string of the molecule is O=C(NC1CC(=O)N(c2cccc(F)c2)C1)c1cccc(F)c1. The summed E-state index contributed by atoms with van der Waals surface area (Å²) in [7, 11) is 0. The van der Waals surface area contributed by atoms with Crippen LogP contribution in [0.25, 0.3) is 0 Å². The topological polar surface area (TPSA) is 49.4 Å². The first-order chi connectivity index (χ1) is 11.0. The number of amides is 2. The molecule has 2 amide bonds. The van der Waals surface area contributed by atoms with Crippen LogP contribution in [0.5, 0.6) is 0 Å². The molecule has 1 heterocycles. The second kappa shape index (κ2) is 6.16. The molecule has 3 rings (SSSR count). The molecule has 1 N–H and O–H groups in total. The molecule has 0 bridgehead atoms. The van der Waals surface area contributed by atoms with Crippen LogP contribution in [0.1, 0.15) is 16.8 Å². The molecule has 1 saturated heterocycles. The van der Waals surface area contributed by atoms with E-state index in [0.29, 0.717) is 5.69 Å². The van der Waals surface area contributed by atoms with Crippen LogP contribution in [0.15, 0.2) is 48.5 Å². The van der Waals surface area contributed by atoms with Crippen LogP contribution in [-0.2, 0) is 4.79 Å². The Bertz CT molecular complexity index is 764. The zero-order chi connectivity index (χ0) is 16.4. The molecule has 0 radical (unpaired) electrons. The number of anilines is 1. The van der Waals surface area contributed by atoms with Gasteiger partial charge in [-0.1, -0.05) is 12.1 Å². The van der Waals surface area contributed by atoms with Crippen molar-refractivity contribution in [1.82, 2.24) is 5.32 Å². The van der Waals surface area contributed by atoms with Crippen LogP contribution in [0, 0.1) is 11.6 Å². The zero-order valence-electron chi connectivity index (χ0n) is 12.1. The summed E-state index contributed by atoms with van der Waals surface area (Å²) in [5.74, 6) is -1.56. The molecule has 0 saturated carbocycles. The third-order valence-electron chi connectivity index (χ3n) is 3.67. The summed E-state index contributed by atoms with van der Waals surface area (Å²) < 4.78 is 26.4. The highest BCUT2D eigenvalue weighted by Crippen LogP contribution is 2.22. The first-order valence-corrected chi connectivity index (χ1v) is 7.15. The van der Waals surface area contributed by atoms with E-state index in [4.69, 9.17) is 0 Å². The quantitative estimate of drug-likeness (QED) is 0.946. The molecule has 4 nitrogen and oxygen atoms in total. The molecule has 23 heavy (non-hydrogen) atoms.